The lowest BCUT2D eigenvalue weighted by atomic mass is 9.80. The van der Waals surface area contributed by atoms with Crippen LogP contribution in [0.5, 0.6) is 0 Å². The van der Waals surface area contributed by atoms with Crippen molar-refractivity contribution in [1.82, 2.24) is 5.32 Å². The maximum Gasteiger partial charge on any atom is 0.336 e. The Morgan fingerprint density at radius 2 is 1.75 bits per heavy atom. The number of rotatable bonds is 5. The second-order valence-corrected chi connectivity index (χ2v) is 5.70. The van der Waals surface area contributed by atoms with E-state index >= 15 is 0 Å². The summed E-state index contributed by atoms with van der Waals surface area (Å²) in [5.74, 6) is -2.05. The Kier molecular flexibility index (Phi) is 8.33. The fourth-order valence-electron chi connectivity index (χ4n) is 3.01. The summed E-state index contributed by atoms with van der Waals surface area (Å²) in [4.78, 5) is 35.5. The van der Waals surface area contributed by atoms with E-state index in [1.165, 1.54) is 25.3 Å². The Bertz CT molecular complexity index is 827. The predicted octanol–water partition coefficient (Wildman–Crippen LogP) is 2.17. The van der Waals surface area contributed by atoms with Gasteiger partial charge in [0.05, 0.1) is 35.7 Å². The van der Waals surface area contributed by atoms with E-state index in [1.54, 1.807) is 26.8 Å². The van der Waals surface area contributed by atoms with Crippen LogP contribution in [0.15, 0.2) is 46.8 Å². The molecule has 0 fully saturated rings. The van der Waals surface area contributed by atoms with Gasteiger partial charge in [-0.25, -0.2) is 9.59 Å². The number of allylic oxidation sites excluding steroid dienone is 2. The highest BCUT2D eigenvalue weighted by Gasteiger charge is 2.38. The Balaban J connectivity index is 0.00000190. The monoisotopic (exact) mass is 392 g/mol. The van der Waals surface area contributed by atoms with Crippen LogP contribution in [0.25, 0.3) is 0 Å². The number of aliphatic hydroxyl groups is 1. The summed E-state index contributed by atoms with van der Waals surface area (Å²) in [6, 6.07) is 5.84. The van der Waals surface area contributed by atoms with E-state index < -0.39 is 22.8 Å². The minimum atomic E-state index is -0.831. The minimum Gasteiger partial charge on any atom is -0.466 e. The smallest absolute Gasteiger partial charge is 0.336 e. The molecule has 9 nitrogen and oxygen atoms in total. The van der Waals surface area contributed by atoms with Gasteiger partial charge in [-0.05, 0) is 26.3 Å². The molecular weight excluding hydrogens is 368 g/mol. The number of hydrogen-bond acceptors (Lipinski definition) is 8. The lowest BCUT2D eigenvalue weighted by molar-refractivity contribution is -0.384. The van der Waals surface area contributed by atoms with Gasteiger partial charge >= 0.3 is 11.9 Å². The second kappa shape index (κ2) is 10.2. The van der Waals surface area contributed by atoms with Crippen LogP contribution < -0.4 is 5.32 Å². The van der Waals surface area contributed by atoms with Gasteiger partial charge in [-0.3, -0.25) is 10.1 Å². The first-order valence-electron chi connectivity index (χ1n) is 8.44. The molecule has 1 atom stereocenters. The van der Waals surface area contributed by atoms with Gasteiger partial charge in [0, 0.05) is 30.6 Å². The number of methoxy groups -OCH3 is 1. The topological polar surface area (TPSA) is 128 Å². The number of non-ortho nitro benzene ring substituents is 1. The van der Waals surface area contributed by atoms with Crippen LogP contribution in [0, 0.1) is 10.1 Å². The third-order valence-electron chi connectivity index (χ3n) is 4.08. The molecule has 1 aliphatic heterocycles. The Morgan fingerprint density at radius 3 is 2.25 bits per heavy atom. The summed E-state index contributed by atoms with van der Waals surface area (Å²) < 4.78 is 10.0. The quantitative estimate of drug-likeness (QED) is 0.443. The van der Waals surface area contributed by atoms with Crippen molar-refractivity contribution >= 4 is 17.6 Å². The van der Waals surface area contributed by atoms with Crippen LogP contribution in [0.3, 0.4) is 0 Å². The number of carbonyl (C=O) groups excluding carboxylic acids is 2. The average Bonchev–Trinajstić information content (AvgIpc) is 2.68. The maximum atomic E-state index is 12.5. The fraction of sp³-hybridized carbons (Fsp3) is 0.368. The van der Waals surface area contributed by atoms with Gasteiger partial charge < -0.3 is 19.9 Å². The molecule has 152 valence electrons. The van der Waals surface area contributed by atoms with Gasteiger partial charge in [-0.1, -0.05) is 12.1 Å². The number of aliphatic hydroxyl groups excluding tert-OH is 1. The van der Waals surface area contributed by atoms with E-state index in [1.807, 2.05) is 0 Å². The molecule has 1 heterocycles. The third-order valence-corrected chi connectivity index (χ3v) is 4.08. The molecular formula is C19H24N2O7. The average molecular weight is 392 g/mol. The van der Waals surface area contributed by atoms with Gasteiger partial charge in [-0.15, -0.1) is 0 Å². The highest BCUT2D eigenvalue weighted by molar-refractivity contribution is 5.99. The maximum absolute atomic E-state index is 12.5. The first kappa shape index (κ1) is 22.8. The number of esters is 2. The van der Waals surface area contributed by atoms with Crippen LogP contribution in [0.2, 0.25) is 0 Å². The van der Waals surface area contributed by atoms with Crippen molar-refractivity contribution in [2.75, 3.05) is 20.8 Å². The standard InChI is InChI=1S/C18H20N2O6.CH4O/c1-5-26-18(22)15-11(3)19-10(2)14(17(21)25-4)16(15)12-7-6-8-13(9-12)20(23)24;1-2/h6-9,16,19H,5H2,1-4H3;2H,1H3. The molecule has 0 aliphatic carbocycles. The molecule has 1 aromatic carbocycles. The summed E-state index contributed by atoms with van der Waals surface area (Å²) in [6.07, 6.45) is 0. The minimum absolute atomic E-state index is 0.135. The van der Waals surface area contributed by atoms with Crippen LogP contribution in [0.4, 0.5) is 5.69 Å². The van der Waals surface area contributed by atoms with Gasteiger partial charge in [-0.2, -0.15) is 0 Å². The number of nitrogens with one attached hydrogen (secondary N) is 1. The first-order chi connectivity index (χ1) is 13.3. The number of benzene rings is 1. The van der Waals surface area contributed by atoms with E-state index in [0.717, 1.165) is 7.11 Å². The SMILES string of the molecule is CCOC(=O)C1=C(C)NC(C)=C(C(=O)OC)C1c1cccc([N+](=O)[O-])c1.CO. The normalized spacial score (nSPS) is 15.9. The second-order valence-electron chi connectivity index (χ2n) is 5.70. The Hall–Kier alpha value is -3.20. The zero-order valence-corrected chi connectivity index (χ0v) is 16.4. The van der Waals surface area contributed by atoms with Crippen LogP contribution in [0.1, 0.15) is 32.3 Å². The van der Waals surface area contributed by atoms with Crippen molar-refractivity contribution in [2.45, 2.75) is 26.7 Å². The third kappa shape index (κ3) is 4.74. The number of ether oxygens (including phenoxy) is 2. The molecule has 0 radical (unpaired) electrons. The number of carbonyl (C=O) groups is 2. The van der Waals surface area contributed by atoms with Crippen molar-refractivity contribution in [3.63, 3.8) is 0 Å². The molecule has 0 bridgehead atoms. The van der Waals surface area contributed by atoms with E-state index in [4.69, 9.17) is 14.6 Å². The zero-order valence-electron chi connectivity index (χ0n) is 16.4. The predicted molar refractivity (Wildman–Crippen MR) is 101 cm³/mol. The molecule has 1 aromatic rings. The van der Waals surface area contributed by atoms with Gasteiger partial charge in [0.2, 0.25) is 0 Å². The summed E-state index contributed by atoms with van der Waals surface area (Å²) in [6.45, 7) is 5.21. The lowest BCUT2D eigenvalue weighted by Gasteiger charge is -2.30. The van der Waals surface area contributed by atoms with E-state index in [-0.39, 0.29) is 23.4 Å². The van der Waals surface area contributed by atoms with Crippen LogP contribution >= 0.6 is 0 Å². The zero-order chi connectivity index (χ0) is 21.4. The number of nitro groups is 1. The largest absolute Gasteiger partial charge is 0.466 e. The van der Waals surface area contributed by atoms with Crippen molar-refractivity contribution in [1.29, 1.82) is 0 Å². The molecule has 0 amide bonds. The Morgan fingerprint density at radius 1 is 1.18 bits per heavy atom. The van der Waals surface area contributed by atoms with Crippen molar-refractivity contribution in [3.8, 4) is 0 Å². The van der Waals surface area contributed by atoms with Crippen LogP contribution in [-0.4, -0.2) is 42.8 Å². The van der Waals surface area contributed by atoms with Gasteiger partial charge in [0.15, 0.2) is 0 Å². The summed E-state index contributed by atoms with van der Waals surface area (Å²) in [5.41, 5.74) is 1.76. The van der Waals surface area contributed by atoms with Crippen molar-refractivity contribution < 1.29 is 29.1 Å². The first-order valence-corrected chi connectivity index (χ1v) is 8.44. The molecule has 2 N–H and O–H groups in total. The van der Waals surface area contributed by atoms with Gasteiger partial charge in [0.1, 0.15) is 0 Å². The number of nitro benzene ring substituents is 1. The molecule has 0 aromatic heterocycles. The Labute approximate surface area is 162 Å². The van der Waals surface area contributed by atoms with E-state index in [2.05, 4.69) is 5.32 Å². The molecule has 0 saturated heterocycles. The molecule has 0 saturated carbocycles. The highest BCUT2D eigenvalue weighted by atomic mass is 16.6. The van der Waals surface area contributed by atoms with Gasteiger partial charge in [0.25, 0.3) is 5.69 Å². The number of nitrogens with zero attached hydrogens (tertiary/aromatic N) is 1. The molecule has 2 rings (SSSR count). The molecule has 28 heavy (non-hydrogen) atoms. The van der Waals surface area contributed by atoms with E-state index in [0.29, 0.717) is 17.0 Å². The fourth-order valence-corrected chi connectivity index (χ4v) is 3.01. The molecule has 0 spiro atoms. The lowest BCUT2D eigenvalue weighted by Crippen LogP contribution is -2.32. The molecule has 1 unspecified atom stereocenters. The summed E-state index contributed by atoms with van der Waals surface area (Å²) >= 11 is 0. The molecule has 9 heteroatoms. The highest BCUT2D eigenvalue weighted by Crippen LogP contribution is 2.40. The number of dihydropyridines is 1. The molecule has 1 aliphatic rings. The summed E-state index contributed by atoms with van der Waals surface area (Å²) in [7, 11) is 2.24. The van der Waals surface area contributed by atoms with Crippen LogP contribution in [-0.2, 0) is 19.1 Å². The van der Waals surface area contributed by atoms with Crippen molar-refractivity contribution in [2.24, 2.45) is 0 Å². The summed E-state index contributed by atoms with van der Waals surface area (Å²) in [5, 5.41) is 21.1. The van der Waals surface area contributed by atoms with Crippen molar-refractivity contribution in [3.05, 3.63) is 62.5 Å². The van der Waals surface area contributed by atoms with E-state index in [9.17, 15) is 19.7 Å². The number of hydrogen-bond donors (Lipinski definition) is 2.